The SMILES string of the molecule is CCOC(=O)CNc1ccc2c(c1)nc(Cc1ccc(C(=N)N)cc1)n2CC(=O)OCC.Cl. The molecular formula is C23H28ClN5O4. The second kappa shape index (κ2) is 11.9. The summed E-state index contributed by atoms with van der Waals surface area (Å²) in [6.45, 7) is 4.25. The van der Waals surface area contributed by atoms with Gasteiger partial charge in [-0.2, -0.15) is 0 Å². The Morgan fingerprint density at radius 2 is 1.73 bits per heavy atom. The van der Waals surface area contributed by atoms with Gasteiger partial charge in [0.05, 0.1) is 24.2 Å². The van der Waals surface area contributed by atoms with Crippen molar-refractivity contribution in [1.82, 2.24) is 9.55 Å². The van der Waals surface area contributed by atoms with E-state index in [-0.39, 0.29) is 43.3 Å². The van der Waals surface area contributed by atoms with Gasteiger partial charge >= 0.3 is 11.9 Å². The van der Waals surface area contributed by atoms with Crippen LogP contribution in [0.2, 0.25) is 0 Å². The molecule has 3 rings (SSSR count). The normalized spacial score (nSPS) is 10.4. The molecule has 3 aromatic rings. The molecule has 0 bridgehead atoms. The van der Waals surface area contributed by atoms with Gasteiger partial charge in [0.1, 0.15) is 24.7 Å². The van der Waals surface area contributed by atoms with Gasteiger partial charge in [0.2, 0.25) is 0 Å². The van der Waals surface area contributed by atoms with Gasteiger partial charge < -0.3 is 25.1 Å². The average Bonchev–Trinajstić information content (AvgIpc) is 3.09. The maximum Gasteiger partial charge on any atom is 0.326 e. The first-order chi connectivity index (χ1) is 15.4. The van der Waals surface area contributed by atoms with E-state index in [2.05, 4.69) is 5.32 Å². The number of nitrogens with two attached hydrogens (primary N) is 1. The summed E-state index contributed by atoms with van der Waals surface area (Å²) in [4.78, 5) is 28.6. The van der Waals surface area contributed by atoms with E-state index < -0.39 is 0 Å². The van der Waals surface area contributed by atoms with Crippen molar-refractivity contribution in [2.45, 2.75) is 26.8 Å². The lowest BCUT2D eigenvalue weighted by Gasteiger charge is -2.10. The fraction of sp³-hybridized carbons (Fsp3) is 0.304. The zero-order valence-electron chi connectivity index (χ0n) is 18.6. The number of halogens is 1. The molecule has 0 aliphatic heterocycles. The highest BCUT2D eigenvalue weighted by molar-refractivity contribution is 5.94. The van der Waals surface area contributed by atoms with Crippen LogP contribution in [0, 0.1) is 5.41 Å². The Morgan fingerprint density at radius 1 is 1.06 bits per heavy atom. The molecule has 2 aromatic carbocycles. The number of nitrogens with one attached hydrogen (secondary N) is 2. The third kappa shape index (κ3) is 6.69. The summed E-state index contributed by atoms with van der Waals surface area (Å²) in [5.41, 5.74) is 9.35. The molecule has 0 saturated carbocycles. The standard InChI is InChI=1S/C23H27N5O4.ClH/c1-3-31-21(29)13-26-17-9-10-19-18(12-17)27-20(28(19)14-22(30)32-4-2)11-15-5-7-16(8-6-15)23(24)25;/h5-10,12,26H,3-4,11,13-14H2,1-2H3,(H3,24,25);1H. The minimum atomic E-state index is -0.343. The van der Waals surface area contributed by atoms with Crippen LogP contribution in [0.1, 0.15) is 30.8 Å². The van der Waals surface area contributed by atoms with Gasteiger partial charge in [-0.1, -0.05) is 24.3 Å². The van der Waals surface area contributed by atoms with Crippen molar-refractivity contribution in [3.8, 4) is 0 Å². The molecule has 10 heteroatoms. The molecule has 33 heavy (non-hydrogen) atoms. The molecule has 1 heterocycles. The number of hydrogen-bond donors (Lipinski definition) is 3. The molecule has 0 fully saturated rings. The Kier molecular flexibility index (Phi) is 9.23. The number of imidazole rings is 1. The minimum absolute atomic E-state index is 0. The lowest BCUT2D eigenvalue weighted by molar-refractivity contribution is -0.144. The van der Waals surface area contributed by atoms with Crippen molar-refractivity contribution in [2.24, 2.45) is 5.73 Å². The summed E-state index contributed by atoms with van der Waals surface area (Å²) >= 11 is 0. The first-order valence-electron chi connectivity index (χ1n) is 10.4. The maximum atomic E-state index is 12.2. The van der Waals surface area contributed by atoms with Crippen LogP contribution in [0.4, 0.5) is 5.69 Å². The lowest BCUT2D eigenvalue weighted by atomic mass is 10.1. The van der Waals surface area contributed by atoms with Crippen molar-refractivity contribution in [3.05, 3.63) is 59.4 Å². The van der Waals surface area contributed by atoms with Gasteiger partial charge in [0.25, 0.3) is 0 Å². The zero-order valence-corrected chi connectivity index (χ0v) is 19.4. The van der Waals surface area contributed by atoms with Gasteiger partial charge in [0, 0.05) is 17.7 Å². The number of amidine groups is 1. The number of aromatic nitrogens is 2. The van der Waals surface area contributed by atoms with E-state index in [0.29, 0.717) is 36.5 Å². The number of fused-ring (bicyclic) bond motifs is 1. The molecule has 0 spiro atoms. The molecule has 0 atom stereocenters. The molecule has 9 nitrogen and oxygen atoms in total. The highest BCUT2D eigenvalue weighted by Crippen LogP contribution is 2.23. The van der Waals surface area contributed by atoms with E-state index in [1.165, 1.54) is 0 Å². The topological polar surface area (TPSA) is 132 Å². The summed E-state index contributed by atoms with van der Waals surface area (Å²) in [6.07, 6.45) is 0.484. The highest BCUT2D eigenvalue weighted by Gasteiger charge is 2.16. The van der Waals surface area contributed by atoms with Gasteiger partial charge in [-0.05, 0) is 37.6 Å². The summed E-state index contributed by atoms with van der Waals surface area (Å²) in [7, 11) is 0. The Bertz CT molecular complexity index is 1130. The highest BCUT2D eigenvalue weighted by atomic mass is 35.5. The number of nitrogens with zero attached hydrogens (tertiary/aromatic N) is 2. The second-order valence-corrected chi connectivity index (χ2v) is 7.07. The quantitative estimate of drug-likeness (QED) is 0.234. The Morgan fingerprint density at radius 3 is 2.36 bits per heavy atom. The number of carbonyl (C=O) groups is 2. The maximum absolute atomic E-state index is 12.2. The molecule has 0 unspecified atom stereocenters. The zero-order chi connectivity index (χ0) is 23.1. The smallest absolute Gasteiger partial charge is 0.326 e. The molecule has 1 aromatic heterocycles. The van der Waals surface area contributed by atoms with Crippen molar-refractivity contribution in [2.75, 3.05) is 25.1 Å². The van der Waals surface area contributed by atoms with E-state index in [0.717, 1.165) is 16.8 Å². The molecule has 0 radical (unpaired) electrons. The fourth-order valence-electron chi connectivity index (χ4n) is 3.31. The van der Waals surface area contributed by atoms with Crippen molar-refractivity contribution >= 4 is 46.9 Å². The number of benzene rings is 2. The molecule has 0 aliphatic rings. The second-order valence-electron chi connectivity index (χ2n) is 7.07. The van der Waals surface area contributed by atoms with E-state index in [1.807, 2.05) is 34.9 Å². The van der Waals surface area contributed by atoms with Crippen molar-refractivity contribution < 1.29 is 19.1 Å². The number of hydrogen-bond acceptors (Lipinski definition) is 7. The number of carbonyl (C=O) groups excluding carboxylic acids is 2. The van der Waals surface area contributed by atoms with Crippen LogP contribution in [-0.2, 0) is 32.0 Å². The van der Waals surface area contributed by atoms with Crippen molar-refractivity contribution in [3.63, 3.8) is 0 Å². The largest absolute Gasteiger partial charge is 0.465 e. The van der Waals surface area contributed by atoms with Crippen LogP contribution in [0.5, 0.6) is 0 Å². The number of ether oxygens (including phenoxy) is 2. The Labute approximate surface area is 198 Å². The van der Waals surface area contributed by atoms with Crippen LogP contribution in [0.15, 0.2) is 42.5 Å². The number of rotatable bonds is 10. The molecule has 0 saturated heterocycles. The van der Waals surface area contributed by atoms with E-state index >= 15 is 0 Å². The van der Waals surface area contributed by atoms with Crippen molar-refractivity contribution in [1.29, 1.82) is 5.41 Å². The van der Waals surface area contributed by atoms with Crippen LogP contribution < -0.4 is 11.1 Å². The third-order valence-electron chi connectivity index (χ3n) is 4.79. The van der Waals surface area contributed by atoms with Crippen LogP contribution in [-0.4, -0.2) is 47.1 Å². The molecule has 0 aliphatic carbocycles. The van der Waals surface area contributed by atoms with Crippen LogP contribution in [0.25, 0.3) is 11.0 Å². The van der Waals surface area contributed by atoms with E-state index in [9.17, 15) is 9.59 Å². The summed E-state index contributed by atoms with van der Waals surface area (Å²) in [6, 6.07) is 12.9. The monoisotopic (exact) mass is 473 g/mol. The van der Waals surface area contributed by atoms with E-state index in [1.54, 1.807) is 26.0 Å². The number of esters is 2. The first-order valence-corrected chi connectivity index (χ1v) is 10.4. The number of nitrogen functional groups attached to an aromatic ring is 1. The summed E-state index contributed by atoms with van der Waals surface area (Å²) in [5.74, 6) is 0.0275. The Hall–Kier alpha value is -3.59. The Balaban J connectivity index is 0.00000385. The predicted molar refractivity (Wildman–Crippen MR) is 129 cm³/mol. The molecule has 0 amide bonds. The van der Waals surface area contributed by atoms with E-state index in [4.69, 9.17) is 25.6 Å². The fourth-order valence-corrected chi connectivity index (χ4v) is 3.31. The number of anilines is 1. The molecular weight excluding hydrogens is 446 g/mol. The molecule has 176 valence electrons. The predicted octanol–water partition coefficient (Wildman–Crippen LogP) is 2.87. The van der Waals surface area contributed by atoms with Crippen LogP contribution >= 0.6 is 12.4 Å². The average molecular weight is 474 g/mol. The lowest BCUT2D eigenvalue weighted by Crippen LogP contribution is -2.16. The third-order valence-corrected chi connectivity index (χ3v) is 4.79. The first kappa shape index (κ1) is 25.7. The van der Waals surface area contributed by atoms with Crippen LogP contribution in [0.3, 0.4) is 0 Å². The van der Waals surface area contributed by atoms with Gasteiger partial charge in [-0.25, -0.2) is 4.98 Å². The van der Waals surface area contributed by atoms with Gasteiger partial charge in [0.15, 0.2) is 0 Å². The minimum Gasteiger partial charge on any atom is -0.465 e. The van der Waals surface area contributed by atoms with Gasteiger partial charge in [-0.15, -0.1) is 12.4 Å². The van der Waals surface area contributed by atoms with Gasteiger partial charge in [-0.3, -0.25) is 15.0 Å². The molecule has 4 N–H and O–H groups in total. The summed E-state index contributed by atoms with van der Waals surface area (Å²) in [5, 5.41) is 10.6. The summed E-state index contributed by atoms with van der Waals surface area (Å²) < 4.78 is 11.9.